The second-order valence-corrected chi connectivity index (χ2v) is 4.93. The lowest BCUT2D eigenvalue weighted by Gasteiger charge is -2.12. The third-order valence-corrected chi connectivity index (χ3v) is 3.50. The summed E-state index contributed by atoms with van der Waals surface area (Å²) >= 11 is 0. The van der Waals surface area contributed by atoms with E-state index in [1.54, 1.807) is 19.1 Å². The molecule has 1 aromatic rings. The van der Waals surface area contributed by atoms with E-state index in [1.807, 2.05) is 0 Å². The van der Waals surface area contributed by atoms with Crippen molar-refractivity contribution in [3.8, 4) is 0 Å². The van der Waals surface area contributed by atoms with Crippen molar-refractivity contribution < 1.29 is 13.5 Å². The first kappa shape index (κ1) is 12.0. The Morgan fingerprint density at radius 3 is 2.60 bits per heavy atom. The standard InChI is InChI=1S/C9H14N2O3S/c1-7(6-12)11-15(13,14)9-5-3-2-4-8(9)10/h2-5,7,11-12H,6,10H2,1H3/t7-/m0/s1. The summed E-state index contributed by atoms with van der Waals surface area (Å²) in [6.07, 6.45) is 0. The summed E-state index contributed by atoms with van der Waals surface area (Å²) in [5.74, 6) is 0. The van der Waals surface area contributed by atoms with Crippen molar-refractivity contribution >= 4 is 15.7 Å². The number of aliphatic hydroxyl groups excluding tert-OH is 1. The highest BCUT2D eigenvalue weighted by atomic mass is 32.2. The number of rotatable bonds is 4. The predicted octanol–water partition coefficient (Wildman–Crippen LogP) is -0.0721. The fraction of sp³-hybridized carbons (Fsp3) is 0.333. The van der Waals surface area contributed by atoms with Gasteiger partial charge < -0.3 is 10.8 Å². The number of nitrogen functional groups attached to an aromatic ring is 1. The second-order valence-electron chi connectivity index (χ2n) is 3.24. The van der Waals surface area contributed by atoms with E-state index in [2.05, 4.69) is 4.72 Å². The summed E-state index contributed by atoms with van der Waals surface area (Å²) < 4.78 is 25.7. The third kappa shape index (κ3) is 2.92. The van der Waals surface area contributed by atoms with Crippen LogP contribution in [0.25, 0.3) is 0 Å². The lowest BCUT2D eigenvalue weighted by molar-refractivity contribution is 0.265. The van der Waals surface area contributed by atoms with Gasteiger partial charge in [-0.2, -0.15) is 0 Å². The minimum Gasteiger partial charge on any atom is -0.398 e. The number of aliphatic hydroxyl groups is 1. The molecule has 0 bridgehead atoms. The normalized spacial score (nSPS) is 13.7. The number of nitrogens with one attached hydrogen (secondary N) is 1. The summed E-state index contributed by atoms with van der Waals surface area (Å²) in [6, 6.07) is 5.65. The molecule has 0 fully saturated rings. The Morgan fingerprint density at radius 1 is 1.47 bits per heavy atom. The van der Waals surface area contributed by atoms with Gasteiger partial charge in [0.25, 0.3) is 0 Å². The lowest BCUT2D eigenvalue weighted by atomic mass is 10.3. The number of sulfonamides is 1. The topological polar surface area (TPSA) is 92.4 Å². The van der Waals surface area contributed by atoms with Crippen molar-refractivity contribution in [2.75, 3.05) is 12.3 Å². The average molecular weight is 230 g/mol. The minimum absolute atomic E-state index is 0.0327. The Balaban J connectivity index is 3.02. The monoisotopic (exact) mass is 230 g/mol. The molecule has 84 valence electrons. The number of hydrogen-bond donors (Lipinski definition) is 3. The Morgan fingerprint density at radius 2 is 2.07 bits per heavy atom. The van der Waals surface area contributed by atoms with Crippen LogP contribution in [0.1, 0.15) is 6.92 Å². The molecule has 6 heteroatoms. The molecule has 1 aromatic carbocycles. The van der Waals surface area contributed by atoms with E-state index in [4.69, 9.17) is 10.8 Å². The van der Waals surface area contributed by atoms with Gasteiger partial charge in [0.2, 0.25) is 10.0 Å². The number of hydrogen-bond acceptors (Lipinski definition) is 4. The number of nitrogens with two attached hydrogens (primary N) is 1. The van der Waals surface area contributed by atoms with Crippen LogP contribution in [0.2, 0.25) is 0 Å². The van der Waals surface area contributed by atoms with Gasteiger partial charge in [0.05, 0.1) is 12.3 Å². The molecule has 0 radical (unpaired) electrons. The fourth-order valence-corrected chi connectivity index (χ4v) is 2.46. The van der Waals surface area contributed by atoms with Gasteiger partial charge in [-0.15, -0.1) is 0 Å². The summed E-state index contributed by atoms with van der Waals surface area (Å²) in [7, 11) is -3.64. The molecular weight excluding hydrogens is 216 g/mol. The first-order valence-electron chi connectivity index (χ1n) is 4.45. The van der Waals surface area contributed by atoms with Gasteiger partial charge in [-0.25, -0.2) is 13.1 Å². The van der Waals surface area contributed by atoms with E-state index in [0.29, 0.717) is 0 Å². The molecular formula is C9H14N2O3S. The van der Waals surface area contributed by atoms with Crippen LogP contribution in [-0.4, -0.2) is 26.2 Å². The lowest BCUT2D eigenvalue weighted by Crippen LogP contribution is -2.35. The van der Waals surface area contributed by atoms with E-state index in [0.717, 1.165) is 0 Å². The van der Waals surface area contributed by atoms with Gasteiger partial charge >= 0.3 is 0 Å². The van der Waals surface area contributed by atoms with Crippen LogP contribution in [-0.2, 0) is 10.0 Å². The number of para-hydroxylation sites is 1. The van der Waals surface area contributed by atoms with Crippen LogP contribution >= 0.6 is 0 Å². The third-order valence-electron chi connectivity index (χ3n) is 1.84. The Hall–Kier alpha value is -1.11. The molecule has 0 heterocycles. The highest BCUT2D eigenvalue weighted by molar-refractivity contribution is 7.89. The van der Waals surface area contributed by atoms with Crippen molar-refractivity contribution in [2.24, 2.45) is 0 Å². The van der Waals surface area contributed by atoms with Crippen LogP contribution in [0.5, 0.6) is 0 Å². The molecule has 0 aliphatic heterocycles. The van der Waals surface area contributed by atoms with Gasteiger partial charge in [-0.3, -0.25) is 0 Å². The molecule has 0 saturated heterocycles. The molecule has 1 atom stereocenters. The molecule has 0 amide bonds. The van der Waals surface area contributed by atoms with Crippen LogP contribution in [0.3, 0.4) is 0 Å². The van der Waals surface area contributed by atoms with Gasteiger partial charge in [0.15, 0.2) is 0 Å². The van der Waals surface area contributed by atoms with Crippen LogP contribution in [0, 0.1) is 0 Å². The zero-order chi connectivity index (χ0) is 11.5. The van der Waals surface area contributed by atoms with Gasteiger partial charge in [0.1, 0.15) is 4.90 Å². The van der Waals surface area contributed by atoms with Gasteiger partial charge in [-0.05, 0) is 19.1 Å². The Labute approximate surface area is 89.0 Å². The second kappa shape index (κ2) is 4.61. The first-order chi connectivity index (χ1) is 6.97. The summed E-state index contributed by atoms with van der Waals surface area (Å²) in [6.45, 7) is 1.31. The van der Waals surface area contributed by atoms with E-state index in [9.17, 15) is 8.42 Å². The largest absolute Gasteiger partial charge is 0.398 e. The summed E-state index contributed by atoms with van der Waals surface area (Å²) in [4.78, 5) is 0.0327. The van der Waals surface area contributed by atoms with E-state index >= 15 is 0 Å². The first-order valence-corrected chi connectivity index (χ1v) is 5.93. The van der Waals surface area contributed by atoms with Crippen LogP contribution in [0.15, 0.2) is 29.2 Å². The van der Waals surface area contributed by atoms with Crippen LogP contribution in [0.4, 0.5) is 5.69 Å². The molecule has 0 spiro atoms. The molecule has 4 N–H and O–H groups in total. The van der Waals surface area contributed by atoms with E-state index in [-0.39, 0.29) is 17.2 Å². The fourth-order valence-electron chi connectivity index (χ4n) is 1.09. The highest BCUT2D eigenvalue weighted by Crippen LogP contribution is 2.16. The summed E-state index contributed by atoms with van der Waals surface area (Å²) in [5.41, 5.74) is 5.73. The molecule has 0 aromatic heterocycles. The maximum atomic E-state index is 11.7. The maximum Gasteiger partial charge on any atom is 0.242 e. The maximum absolute atomic E-state index is 11.7. The molecule has 0 aliphatic rings. The predicted molar refractivity (Wildman–Crippen MR) is 57.7 cm³/mol. The zero-order valence-electron chi connectivity index (χ0n) is 8.34. The van der Waals surface area contributed by atoms with Crippen molar-refractivity contribution in [1.82, 2.24) is 4.72 Å². The SMILES string of the molecule is C[C@@H](CO)NS(=O)(=O)c1ccccc1N. The smallest absolute Gasteiger partial charge is 0.242 e. The molecule has 0 unspecified atom stereocenters. The molecule has 15 heavy (non-hydrogen) atoms. The zero-order valence-corrected chi connectivity index (χ0v) is 9.16. The Kier molecular flexibility index (Phi) is 3.67. The average Bonchev–Trinajstić information content (AvgIpc) is 2.17. The molecule has 0 saturated carbocycles. The van der Waals surface area contributed by atoms with Crippen molar-refractivity contribution in [2.45, 2.75) is 17.9 Å². The number of anilines is 1. The Bertz CT molecular complexity index is 431. The van der Waals surface area contributed by atoms with Gasteiger partial charge in [0, 0.05) is 6.04 Å². The molecule has 1 rings (SSSR count). The quantitative estimate of drug-likeness (QED) is 0.631. The van der Waals surface area contributed by atoms with Gasteiger partial charge in [-0.1, -0.05) is 12.1 Å². The number of benzene rings is 1. The highest BCUT2D eigenvalue weighted by Gasteiger charge is 2.18. The van der Waals surface area contributed by atoms with Crippen LogP contribution < -0.4 is 10.5 Å². The minimum atomic E-state index is -3.64. The molecule has 5 nitrogen and oxygen atoms in total. The van der Waals surface area contributed by atoms with Crippen molar-refractivity contribution in [1.29, 1.82) is 0 Å². The van der Waals surface area contributed by atoms with Crippen molar-refractivity contribution in [3.63, 3.8) is 0 Å². The van der Waals surface area contributed by atoms with Crippen molar-refractivity contribution in [3.05, 3.63) is 24.3 Å². The summed E-state index contributed by atoms with van der Waals surface area (Å²) in [5, 5.41) is 8.76. The van der Waals surface area contributed by atoms with E-state index < -0.39 is 16.1 Å². The van der Waals surface area contributed by atoms with E-state index in [1.165, 1.54) is 12.1 Å². The molecule has 0 aliphatic carbocycles.